The summed E-state index contributed by atoms with van der Waals surface area (Å²) in [5.41, 5.74) is 1.22. The first-order valence-electron chi connectivity index (χ1n) is 11.8. The van der Waals surface area contributed by atoms with E-state index in [4.69, 9.17) is 9.47 Å². The number of anilines is 1. The van der Waals surface area contributed by atoms with Crippen LogP contribution < -0.4 is 19.7 Å². The average Bonchev–Trinajstić information content (AvgIpc) is 2.88. The van der Waals surface area contributed by atoms with E-state index in [1.807, 2.05) is 0 Å². The molecule has 7 nitrogen and oxygen atoms in total. The molecule has 4 amide bonds. The van der Waals surface area contributed by atoms with Gasteiger partial charge in [0.2, 0.25) is 0 Å². The van der Waals surface area contributed by atoms with Crippen LogP contribution in [0.4, 0.5) is 19.3 Å². The molecule has 0 spiro atoms. The molecule has 0 bridgehead atoms. The van der Waals surface area contributed by atoms with E-state index in [1.54, 1.807) is 43.3 Å². The van der Waals surface area contributed by atoms with Gasteiger partial charge in [-0.15, -0.1) is 6.58 Å². The van der Waals surface area contributed by atoms with E-state index in [0.29, 0.717) is 34.6 Å². The van der Waals surface area contributed by atoms with Gasteiger partial charge in [-0.1, -0.05) is 24.3 Å². The van der Waals surface area contributed by atoms with Gasteiger partial charge in [-0.05, 0) is 67.4 Å². The van der Waals surface area contributed by atoms with Crippen LogP contribution in [-0.4, -0.2) is 24.5 Å². The van der Waals surface area contributed by atoms with Crippen molar-refractivity contribution in [3.05, 3.63) is 107 Å². The third-order valence-corrected chi connectivity index (χ3v) is 5.65. The standard InChI is InChI=1S/C29H24F2N2O5/c1-3-7-19-14-18(16-25(37-4-2)26(19)38-17-20-8-5-6-9-24(20)31)15-23-27(34)32-29(36)33(28(23)35)22-12-10-21(30)11-13-22/h3,5-6,8-16H,1,4,7,17H2,2H3,(H,32,34,36)/b23-15+. The van der Waals surface area contributed by atoms with Gasteiger partial charge >= 0.3 is 6.03 Å². The number of halogens is 2. The predicted octanol–water partition coefficient (Wildman–Crippen LogP) is 5.34. The quantitative estimate of drug-likeness (QED) is 0.235. The molecular weight excluding hydrogens is 494 g/mol. The Morgan fingerprint density at radius 3 is 2.39 bits per heavy atom. The Morgan fingerprint density at radius 1 is 0.974 bits per heavy atom. The van der Waals surface area contributed by atoms with E-state index in [9.17, 15) is 23.2 Å². The molecule has 0 atom stereocenters. The zero-order valence-corrected chi connectivity index (χ0v) is 20.5. The Labute approximate surface area is 218 Å². The van der Waals surface area contributed by atoms with Gasteiger partial charge < -0.3 is 9.47 Å². The van der Waals surface area contributed by atoms with E-state index < -0.39 is 29.5 Å². The van der Waals surface area contributed by atoms with Crippen LogP contribution in [0.2, 0.25) is 0 Å². The number of ether oxygens (including phenoxy) is 2. The Hall–Kier alpha value is -4.79. The normalized spacial score (nSPS) is 14.4. The summed E-state index contributed by atoms with van der Waals surface area (Å²) in [6.07, 6.45) is 3.33. The maximum absolute atomic E-state index is 14.1. The number of hydrogen-bond acceptors (Lipinski definition) is 5. The Bertz CT molecular complexity index is 1430. The number of urea groups is 1. The number of allylic oxidation sites excluding steroid dienone is 1. The van der Waals surface area contributed by atoms with Gasteiger partial charge in [-0.2, -0.15) is 0 Å². The van der Waals surface area contributed by atoms with Gasteiger partial charge in [0.25, 0.3) is 11.8 Å². The predicted molar refractivity (Wildman–Crippen MR) is 138 cm³/mol. The lowest BCUT2D eigenvalue weighted by Gasteiger charge is -2.26. The van der Waals surface area contributed by atoms with E-state index in [2.05, 4.69) is 11.9 Å². The van der Waals surface area contributed by atoms with Crippen molar-refractivity contribution in [1.82, 2.24) is 5.32 Å². The van der Waals surface area contributed by atoms with E-state index in [-0.39, 0.29) is 24.5 Å². The first kappa shape index (κ1) is 26.3. The van der Waals surface area contributed by atoms with E-state index in [1.165, 1.54) is 24.3 Å². The number of nitrogens with one attached hydrogen (secondary N) is 1. The van der Waals surface area contributed by atoms with Crippen LogP contribution in [0.1, 0.15) is 23.6 Å². The third-order valence-electron chi connectivity index (χ3n) is 5.65. The maximum atomic E-state index is 14.1. The smallest absolute Gasteiger partial charge is 0.335 e. The summed E-state index contributed by atoms with van der Waals surface area (Å²) in [5, 5.41) is 2.14. The van der Waals surface area contributed by atoms with E-state index in [0.717, 1.165) is 17.0 Å². The molecule has 9 heteroatoms. The van der Waals surface area contributed by atoms with Crippen LogP contribution in [-0.2, 0) is 22.6 Å². The number of hydrogen-bond donors (Lipinski definition) is 1. The molecule has 0 aliphatic carbocycles. The van der Waals surface area contributed by atoms with Crippen LogP contribution in [0, 0.1) is 11.6 Å². The molecule has 0 aromatic heterocycles. The van der Waals surface area contributed by atoms with Gasteiger partial charge in [0.1, 0.15) is 23.8 Å². The lowest BCUT2D eigenvalue weighted by atomic mass is 10.0. The third kappa shape index (κ3) is 5.62. The molecule has 1 aliphatic heterocycles. The molecule has 4 rings (SSSR count). The SMILES string of the molecule is C=CCc1cc(/C=C2\C(=O)NC(=O)N(c3ccc(F)cc3)C2=O)cc(OCC)c1OCc1ccccc1F. The van der Waals surface area contributed by atoms with Crippen LogP contribution in [0.3, 0.4) is 0 Å². The van der Waals surface area contributed by atoms with Crippen LogP contribution in [0.5, 0.6) is 11.5 Å². The fraction of sp³-hybridized carbons (Fsp3) is 0.138. The fourth-order valence-electron chi connectivity index (χ4n) is 3.91. The number of benzene rings is 3. The second kappa shape index (κ2) is 11.5. The number of carbonyl (C=O) groups excluding carboxylic acids is 3. The summed E-state index contributed by atoms with van der Waals surface area (Å²) in [6.45, 7) is 5.79. The van der Waals surface area contributed by atoms with E-state index >= 15 is 0 Å². The topological polar surface area (TPSA) is 84.9 Å². The van der Waals surface area contributed by atoms with Crippen molar-refractivity contribution in [2.75, 3.05) is 11.5 Å². The molecule has 0 radical (unpaired) electrons. The van der Waals surface area contributed by atoms with Gasteiger partial charge in [-0.3, -0.25) is 14.9 Å². The summed E-state index contributed by atoms with van der Waals surface area (Å²) in [6, 6.07) is 13.3. The Kier molecular flexibility index (Phi) is 7.96. The summed E-state index contributed by atoms with van der Waals surface area (Å²) in [4.78, 5) is 39.0. The summed E-state index contributed by atoms with van der Waals surface area (Å²) >= 11 is 0. The van der Waals surface area contributed by atoms with Crippen molar-refractivity contribution in [2.24, 2.45) is 0 Å². The van der Waals surface area contributed by atoms with Crippen LogP contribution in [0.25, 0.3) is 6.08 Å². The van der Waals surface area contributed by atoms with Crippen molar-refractivity contribution in [3.63, 3.8) is 0 Å². The summed E-state index contributed by atoms with van der Waals surface area (Å²) in [5.74, 6) is -1.99. The van der Waals surface area contributed by atoms with Gasteiger partial charge in [0.05, 0.1) is 12.3 Å². The zero-order chi connectivity index (χ0) is 27.2. The highest BCUT2D eigenvalue weighted by molar-refractivity contribution is 6.39. The largest absolute Gasteiger partial charge is 0.490 e. The molecule has 3 aromatic carbocycles. The lowest BCUT2D eigenvalue weighted by Crippen LogP contribution is -2.54. The number of rotatable bonds is 9. The molecular formula is C29H24F2N2O5. The summed E-state index contributed by atoms with van der Waals surface area (Å²) < 4.78 is 39.2. The molecule has 1 aliphatic rings. The highest BCUT2D eigenvalue weighted by atomic mass is 19.1. The van der Waals surface area contributed by atoms with Gasteiger partial charge in [0.15, 0.2) is 11.5 Å². The number of carbonyl (C=O) groups is 3. The number of barbiturate groups is 1. The molecule has 0 saturated carbocycles. The minimum Gasteiger partial charge on any atom is -0.490 e. The van der Waals surface area contributed by atoms with Gasteiger partial charge in [0, 0.05) is 11.1 Å². The van der Waals surface area contributed by atoms with Crippen molar-refractivity contribution < 1.29 is 32.6 Å². The van der Waals surface area contributed by atoms with Gasteiger partial charge in [-0.25, -0.2) is 18.5 Å². The number of nitrogens with zero attached hydrogens (tertiary/aromatic N) is 1. The average molecular weight is 519 g/mol. The molecule has 3 aromatic rings. The van der Waals surface area contributed by atoms with Crippen molar-refractivity contribution in [3.8, 4) is 11.5 Å². The first-order chi connectivity index (χ1) is 18.3. The molecule has 38 heavy (non-hydrogen) atoms. The van der Waals surface area contributed by atoms with Crippen molar-refractivity contribution in [2.45, 2.75) is 20.0 Å². The second-order valence-corrected chi connectivity index (χ2v) is 8.25. The minimum absolute atomic E-state index is 0.0487. The highest BCUT2D eigenvalue weighted by Crippen LogP contribution is 2.36. The Balaban J connectivity index is 1.72. The Morgan fingerprint density at radius 2 is 1.71 bits per heavy atom. The number of amides is 4. The fourth-order valence-corrected chi connectivity index (χ4v) is 3.91. The molecule has 194 valence electrons. The zero-order valence-electron chi connectivity index (χ0n) is 20.5. The lowest BCUT2D eigenvalue weighted by molar-refractivity contribution is -0.122. The first-order valence-corrected chi connectivity index (χ1v) is 11.8. The van der Waals surface area contributed by atoms with Crippen molar-refractivity contribution >= 4 is 29.6 Å². The molecule has 1 fully saturated rings. The van der Waals surface area contributed by atoms with Crippen LogP contribution in [0.15, 0.2) is 78.9 Å². The van der Waals surface area contributed by atoms with Crippen LogP contribution >= 0.6 is 0 Å². The molecule has 1 heterocycles. The summed E-state index contributed by atoms with van der Waals surface area (Å²) in [7, 11) is 0. The second-order valence-electron chi connectivity index (χ2n) is 8.25. The highest BCUT2D eigenvalue weighted by Gasteiger charge is 2.37. The number of imide groups is 2. The molecule has 1 saturated heterocycles. The monoisotopic (exact) mass is 518 g/mol. The molecule has 0 unspecified atom stereocenters. The molecule has 1 N–H and O–H groups in total. The van der Waals surface area contributed by atoms with Crippen molar-refractivity contribution in [1.29, 1.82) is 0 Å². The minimum atomic E-state index is -0.942. The maximum Gasteiger partial charge on any atom is 0.335 e.